The first kappa shape index (κ1) is 20.1. The summed E-state index contributed by atoms with van der Waals surface area (Å²) < 4.78 is 15.4. The van der Waals surface area contributed by atoms with Crippen LogP contribution in [0, 0.1) is 25.6 Å². The van der Waals surface area contributed by atoms with Crippen LogP contribution in [0.2, 0.25) is 5.02 Å². The van der Waals surface area contributed by atoms with Gasteiger partial charge in [-0.15, -0.1) is 0 Å². The lowest BCUT2D eigenvalue weighted by atomic mass is 10.1. The molecule has 1 aromatic heterocycles. The Morgan fingerprint density at radius 1 is 1.10 bits per heavy atom. The van der Waals surface area contributed by atoms with Crippen LogP contribution in [0.25, 0.3) is 5.69 Å². The van der Waals surface area contributed by atoms with Gasteiger partial charge >= 0.3 is 0 Å². The van der Waals surface area contributed by atoms with Gasteiger partial charge in [0.2, 0.25) is 5.91 Å². The fourth-order valence-electron chi connectivity index (χ4n) is 4.07. The topological polar surface area (TPSA) is 45.6 Å². The largest absolute Gasteiger partial charge is 0.340 e. The number of carbonyl (C=O) groups excluding carboxylic acids is 2. The maximum absolute atomic E-state index is 13.5. The van der Waals surface area contributed by atoms with Gasteiger partial charge in [-0.3, -0.25) is 14.5 Å². The van der Waals surface area contributed by atoms with Gasteiger partial charge in [0.1, 0.15) is 5.82 Å². The number of aryl methyl sites for hydroxylation is 1. The minimum absolute atomic E-state index is 0.0551. The third-order valence-corrected chi connectivity index (χ3v) is 6.16. The van der Waals surface area contributed by atoms with E-state index in [4.69, 9.17) is 11.6 Å². The summed E-state index contributed by atoms with van der Waals surface area (Å²) in [4.78, 5) is 29.2. The number of hydrogen-bond donors (Lipinski definition) is 0. The molecule has 2 aliphatic rings. The third-order valence-electron chi connectivity index (χ3n) is 5.87. The van der Waals surface area contributed by atoms with Gasteiger partial charge in [0.15, 0.2) is 5.78 Å². The first-order valence-corrected chi connectivity index (χ1v) is 10.4. The highest BCUT2D eigenvalue weighted by atomic mass is 35.5. The summed E-state index contributed by atoms with van der Waals surface area (Å²) in [6.07, 6.45) is 2.04. The number of ketones is 1. The van der Waals surface area contributed by atoms with E-state index in [1.807, 2.05) is 29.4 Å². The molecular formula is C22H25ClFN3O2. The average Bonchev–Trinajstić information content (AvgIpc) is 3.50. The monoisotopic (exact) mass is 417 g/mol. The van der Waals surface area contributed by atoms with Gasteiger partial charge in [-0.1, -0.05) is 11.6 Å². The standard InChI is InChI=1S/C22H25ClFN3O2/c1-14-11-18(15(2)27(14)17-5-6-20(24)19(23)12-17)21(28)13-25-7-9-26(10-8-25)22(29)16-3-4-16/h5-6,11-12,16H,3-4,7-10,13H2,1-2H3. The van der Waals surface area contributed by atoms with E-state index in [0.29, 0.717) is 25.2 Å². The molecule has 7 heteroatoms. The third kappa shape index (κ3) is 4.09. The number of carbonyl (C=O) groups is 2. The molecule has 2 aromatic rings. The number of halogens is 2. The van der Waals surface area contributed by atoms with Gasteiger partial charge in [0, 0.05) is 54.7 Å². The van der Waals surface area contributed by atoms with Crippen LogP contribution in [0.4, 0.5) is 4.39 Å². The molecule has 0 radical (unpaired) electrons. The normalized spacial score (nSPS) is 17.6. The SMILES string of the molecule is Cc1cc(C(=O)CN2CCN(C(=O)C3CC3)CC2)c(C)n1-c1ccc(F)c(Cl)c1. The first-order valence-electron chi connectivity index (χ1n) is 10.0. The molecule has 1 saturated heterocycles. The zero-order valence-corrected chi connectivity index (χ0v) is 17.5. The molecule has 0 spiro atoms. The van der Waals surface area contributed by atoms with E-state index < -0.39 is 5.82 Å². The Bertz CT molecular complexity index is 959. The Kier molecular flexibility index (Phi) is 5.49. The maximum atomic E-state index is 13.5. The summed E-state index contributed by atoms with van der Waals surface area (Å²) >= 11 is 5.93. The number of Topliss-reactive ketones (excluding diaryl/α,β-unsaturated/α-hetero) is 1. The molecule has 154 valence electrons. The Morgan fingerprint density at radius 3 is 2.41 bits per heavy atom. The van der Waals surface area contributed by atoms with Crippen LogP contribution in [0.5, 0.6) is 0 Å². The van der Waals surface area contributed by atoms with Crippen molar-refractivity contribution in [1.82, 2.24) is 14.4 Å². The summed E-state index contributed by atoms with van der Waals surface area (Å²) in [6, 6.07) is 6.44. The summed E-state index contributed by atoms with van der Waals surface area (Å²) in [6.45, 7) is 6.96. The number of nitrogens with zero attached hydrogens (tertiary/aromatic N) is 3. The van der Waals surface area contributed by atoms with E-state index in [1.54, 1.807) is 12.1 Å². The van der Waals surface area contributed by atoms with Gasteiger partial charge < -0.3 is 9.47 Å². The van der Waals surface area contributed by atoms with Crippen molar-refractivity contribution < 1.29 is 14.0 Å². The molecule has 0 N–H and O–H groups in total. The zero-order chi connectivity index (χ0) is 20.7. The number of rotatable bonds is 5. The van der Waals surface area contributed by atoms with E-state index in [2.05, 4.69) is 4.90 Å². The average molecular weight is 418 g/mol. The molecule has 2 fully saturated rings. The molecule has 4 rings (SSSR count). The van der Waals surface area contributed by atoms with Crippen molar-refractivity contribution in [3.05, 3.63) is 52.1 Å². The molecule has 0 bridgehead atoms. The summed E-state index contributed by atoms with van der Waals surface area (Å²) in [5.41, 5.74) is 3.11. The molecule has 2 heterocycles. The lowest BCUT2D eigenvalue weighted by molar-refractivity contribution is -0.134. The van der Waals surface area contributed by atoms with Crippen LogP contribution in [0.3, 0.4) is 0 Å². The van der Waals surface area contributed by atoms with Gasteiger partial charge in [0.05, 0.1) is 11.6 Å². The molecule has 1 saturated carbocycles. The summed E-state index contributed by atoms with van der Waals surface area (Å²) in [5.74, 6) is 0.110. The molecule has 1 aliphatic heterocycles. The van der Waals surface area contributed by atoms with Crippen molar-refractivity contribution >= 4 is 23.3 Å². The van der Waals surface area contributed by atoms with E-state index in [-0.39, 0.29) is 22.6 Å². The predicted molar refractivity (Wildman–Crippen MR) is 110 cm³/mol. The molecular weight excluding hydrogens is 393 g/mol. The van der Waals surface area contributed by atoms with Crippen molar-refractivity contribution in [2.45, 2.75) is 26.7 Å². The summed E-state index contributed by atoms with van der Waals surface area (Å²) in [5, 5.41) is 0.0569. The van der Waals surface area contributed by atoms with Crippen molar-refractivity contribution in [2.24, 2.45) is 5.92 Å². The number of benzene rings is 1. The van der Waals surface area contributed by atoms with Gasteiger partial charge in [0.25, 0.3) is 0 Å². The first-order chi connectivity index (χ1) is 13.8. The lowest BCUT2D eigenvalue weighted by Crippen LogP contribution is -2.50. The minimum Gasteiger partial charge on any atom is -0.340 e. The molecule has 0 atom stereocenters. The number of amides is 1. The van der Waals surface area contributed by atoms with Gasteiger partial charge in [-0.25, -0.2) is 4.39 Å². The van der Waals surface area contributed by atoms with Crippen LogP contribution in [0.15, 0.2) is 24.3 Å². The Hall–Kier alpha value is -2.18. The quantitative estimate of drug-likeness (QED) is 0.698. The van der Waals surface area contributed by atoms with Crippen LogP contribution in [-0.2, 0) is 4.79 Å². The van der Waals surface area contributed by atoms with Crippen LogP contribution >= 0.6 is 11.6 Å². The van der Waals surface area contributed by atoms with E-state index in [1.165, 1.54) is 6.07 Å². The fraction of sp³-hybridized carbons (Fsp3) is 0.455. The zero-order valence-electron chi connectivity index (χ0n) is 16.8. The van der Waals surface area contributed by atoms with Crippen molar-refractivity contribution in [3.63, 3.8) is 0 Å². The second kappa shape index (κ2) is 7.92. The molecule has 29 heavy (non-hydrogen) atoms. The molecule has 1 aliphatic carbocycles. The highest BCUT2D eigenvalue weighted by Crippen LogP contribution is 2.31. The van der Waals surface area contributed by atoms with E-state index in [9.17, 15) is 14.0 Å². The smallest absolute Gasteiger partial charge is 0.225 e. The van der Waals surface area contributed by atoms with Crippen molar-refractivity contribution in [2.75, 3.05) is 32.7 Å². The van der Waals surface area contributed by atoms with Crippen LogP contribution < -0.4 is 0 Å². The molecule has 0 unspecified atom stereocenters. The maximum Gasteiger partial charge on any atom is 0.225 e. The summed E-state index contributed by atoms with van der Waals surface area (Å²) in [7, 11) is 0. The Labute approximate surface area is 175 Å². The Balaban J connectivity index is 1.44. The molecule has 1 amide bonds. The predicted octanol–water partition coefficient (Wildman–Crippen LogP) is 3.62. The van der Waals surface area contributed by atoms with E-state index >= 15 is 0 Å². The van der Waals surface area contributed by atoms with Crippen molar-refractivity contribution in [3.8, 4) is 5.69 Å². The van der Waals surface area contributed by atoms with E-state index in [0.717, 1.165) is 43.0 Å². The lowest BCUT2D eigenvalue weighted by Gasteiger charge is -2.34. The highest BCUT2D eigenvalue weighted by molar-refractivity contribution is 6.30. The van der Waals surface area contributed by atoms with Gasteiger partial charge in [-0.2, -0.15) is 0 Å². The molecule has 1 aromatic carbocycles. The highest BCUT2D eigenvalue weighted by Gasteiger charge is 2.34. The second-order valence-electron chi connectivity index (χ2n) is 8.02. The number of hydrogen-bond acceptors (Lipinski definition) is 3. The number of piperazine rings is 1. The number of aromatic nitrogens is 1. The minimum atomic E-state index is -0.464. The fourth-order valence-corrected chi connectivity index (χ4v) is 4.24. The van der Waals surface area contributed by atoms with Crippen molar-refractivity contribution in [1.29, 1.82) is 0 Å². The molecule has 5 nitrogen and oxygen atoms in total. The van der Waals surface area contributed by atoms with Crippen LogP contribution in [0.1, 0.15) is 34.6 Å². The van der Waals surface area contributed by atoms with Crippen LogP contribution in [-0.4, -0.2) is 58.8 Å². The second-order valence-corrected chi connectivity index (χ2v) is 8.42. The Morgan fingerprint density at radius 2 is 1.79 bits per heavy atom. The van der Waals surface area contributed by atoms with Gasteiger partial charge in [-0.05, 0) is 51.0 Å².